The van der Waals surface area contributed by atoms with Gasteiger partial charge in [0.05, 0.1) is 11.4 Å². The molecule has 3 rings (SSSR count). The number of urea groups is 1. The number of rotatable bonds is 2. The summed E-state index contributed by atoms with van der Waals surface area (Å²) in [5.41, 5.74) is 4.00. The van der Waals surface area contributed by atoms with Crippen molar-refractivity contribution < 1.29 is 4.79 Å². The fourth-order valence-electron chi connectivity index (χ4n) is 2.86. The molecule has 5 heteroatoms. The van der Waals surface area contributed by atoms with Gasteiger partial charge in [-0.15, -0.1) is 0 Å². The van der Waals surface area contributed by atoms with Gasteiger partial charge in [-0.3, -0.25) is 4.90 Å². The lowest BCUT2D eigenvalue weighted by Crippen LogP contribution is -2.41. The molecule has 1 aliphatic heterocycles. The number of fused-ring (bicyclic) bond motifs is 1. The molecule has 0 bridgehead atoms. The summed E-state index contributed by atoms with van der Waals surface area (Å²) in [6.07, 6.45) is 0. The number of carbonyl (C=O) groups excluding carboxylic acids is 1. The number of hydrogen-bond acceptors (Lipinski definition) is 2. The second kappa shape index (κ2) is 5.96. The Labute approximate surface area is 145 Å². The number of nitrogens with one attached hydrogen (secondary N) is 1. The average molecular weight is 374 g/mol. The zero-order valence-corrected chi connectivity index (χ0v) is 15.1. The van der Waals surface area contributed by atoms with Crippen LogP contribution in [0.25, 0.3) is 0 Å². The van der Waals surface area contributed by atoms with Crippen LogP contribution in [0.4, 0.5) is 10.5 Å². The smallest absolute Gasteiger partial charge is 0.322 e. The summed E-state index contributed by atoms with van der Waals surface area (Å²) in [7, 11) is 0. The molecule has 1 aliphatic rings. The maximum atomic E-state index is 12.6. The van der Waals surface area contributed by atoms with E-state index >= 15 is 0 Å². The molecule has 1 aromatic heterocycles. The summed E-state index contributed by atoms with van der Waals surface area (Å²) in [4.78, 5) is 18.9. The molecule has 0 atom stereocenters. The largest absolute Gasteiger partial charge is 0.334 e. The second-order valence-electron chi connectivity index (χ2n) is 6.62. The van der Waals surface area contributed by atoms with E-state index in [1.165, 1.54) is 5.56 Å². The molecular formula is C18H20BrN3O. The van der Waals surface area contributed by atoms with Crippen molar-refractivity contribution >= 4 is 27.6 Å². The van der Waals surface area contributed by atoms with Crippen molar-refractivity contribution in [1.82, 2.24) is 10.3 Å². The van der Waals surface area contributed by atoms with Gasteiger partial charge in [0.25, 0.3) is 0 Å². The number of anilines is 1. The summed E-state index contributed by atoms with van der Waals surface area (Å²) in [5, 5.41) is 3.00. The number of hydrogen-bond donors (Lipinski definition) is 1. The van der Waals surface area contributed by atoms with Gasteiger partial charge in [0.15, 0.2) is 0 Å². The summed E-state index contributed by atoms with van der Waals surface area (Å²) in [5.74, 6) is 0. The Kier molecular flexibility index (Phi) is 4.15. The van der Waals surface area contributed by atoms with E-state index in [9.17, 15) is 4.79 Å². The first-order valence-corrected chi connectivity index (χ1v) is 8.44. The standard InChI is InChI=1S/C18H20BrN3O/c1-12-4-6-13(7-5-12)10-20-17(23)22-11-18(2,3)16-14(22)8-9-15(19)21-16/h4-9H,10-11H2,1-3H3,(H,20,23). The van der Waals surface area contributed by atoms with Crippen LogP contribution in [0.15, 0.2) is 41.0 Å². The molecule has 0 unspecified atom stereocenters. The van der Waals surface area contributed by atoms with Crippen molar-refractivity contribution in [2.24, 2.45) is 0 Å². The van der Waals surface area contributed by atoms with Gasteiger partial charge in [-0.05, 0) is 40.5 Å². The van der Waals surface area contributed by atoms with Crippen LogP contribution in [0.1, 0.15) is 30.7 Å². The van der Waals surface area contributed by atoms with Crippen LogP contribution < -0.4 is 10.2 Å². The van der Waals surface area contributed by atoms with E-state index in [2.05, 4.69) is 59.1 Å². The minimum Gasteiger partial charge on any atom is -0.334 e. The minimum absolute atomic E-state index is 0.0819. The van der Waals surface area contributed by atoms with Crippen molar-refractivity contribution in [3.05, 3.63) is 57.8 Å². The maximum absolute atomic E-state index is 12.6. The van der Waals surface area contributed by atoms with Gasteiger partial charge in [-0.2, -0.15) is 0 Å². The highest BCUT2D eigenvalue weighted by molar-refractivity contribution is 9.10. The maximum Gasteiger partial charge on any atom is 0.322 e. The molecule has 120 valence electrons. The third-order valence-corrected chi connectivity index (χ3v) is 4.58. The van der Waals surface area contributed by atoms with E-state index in [1.807, 2.05) is 24.3 Å². The second-order valence-corrected chi connectivity index (χ2v) is 7.43. The third-order valence-electron chi connectivity index (χ3n) is 4.13. The summed E-state index contributed by atoms with van der Waals surface area (Å²) in [6.45, 7) is 7.43. The van der Waals surface area contributed by atoms with Crippen molar-refractivity contribution in [2.45, 2.75) is 32.7 Å². The molecule has 2 amide bonds. The molecule has 0 aliphatic carbocycles. The van der Waals surface area contributed by atoms with Crippen LogP contribution >= 0.6 is 15.9 Å². The first kappa shape index (κ1) is 16.0. The fourth-order valence-corrected chi connectivity index (χ4v) is 3.17. The monoisotopic (exact) mass is 373 g/mol. The molecule has 0 saturated carbocycles. The predicted molar refractivity (Wildman–Crippen MR) is 95.7 cm³/mol. The van der Waals surface area contributed by atoms with E-state index in [4.69, 9.17) is 0 Å². The number of pyridine rings is 1. The first-order chi connectivity index (χ1) is 10.9. The average Bonchev–Trinajstić information content (AvgIpc) is 2.78. The Bertz CT molecular complexity index is 740. The van der Waals surface area contributed by atoms with E-state index in [-0.39, 0.29) is 11.4 Å². The number of aromatic nitrogens is 1. The summed E-state index contributed by atoms with van der Waals surface area (Å²) in [6, 6.07) is 11.9. The molecule has 2 heterocycles. The molecule has 23 heavy (non-hydrogen) atoms. The lowest BCUT2D eigenvalue weighted by Gasteiger charge is -2.20. The molecule has 0 fully saturated rings. The molecule has 0 radical (unpaired) electrons. The quantitative estimate of drug-likeness (QED) is 0.803. The summed E-state index contributed by atoms with van der Waals surface area (Å²) < 4.78 is 0.797. The number of halogens is 1. The Morgan fingerprint density at radius 3 is 2.65 bits per heavy atom. The zero-order chi connectivity index (χ0) is 16.6. The lowest BCUT2D eigenvalue weighted by atomic mass is 9.91. The third kappa shape index (κ3) is 3.24. The molecule has 0 saturated heterocycles. The van der Waals surface area contributed by atoms with E-state index in [0.717, 1.165) is 21.5 Å². The highest BCUT2D eigenvalue weighted by Crippen LogP contribution is 2.39. The van der Waals surface area contributed by atoms with Crippen LogP contribution in [0.3, 0.4) is 0 Å². The number of benzene rings is 1. The van der Waals surface area contributed by atoms with Crippen molar-refractivity contribution in [3.63, 3.8) is 0 Å². The first-order valence-electron chi connectivity index (χ1n) is 7.65. The van der Waals surface area contributed by atoms with Gasteiger partial charge in [-0.25, -0.2) is 9.78 Å². The SMILES string of the molecule is Cc1ccc(CNC(=O)N2CC(C)(C)c3nc(Br)ccc32)cc1. The van der Waals surface area contributed by atoms with Crippen molar-refractivity contribution in [2.75, 3.05) is 11.4 Å². The van der Waals surface area contributed by atoms with Gasteiger partial charge in [0.2, 0.25) is 0 Å². The number of amides is 2. The topological polar surface area (TPSA) is 45.2 Å². The van der Waals surface area contributed by atoms with E-state index < -0.39 is 0 Å². The highest BCUT2D eigenvalue weighted by atomic mass is 79.9. The number of nitrogens with zero attached hydrogens (tertiary/aromatic N) is 2. The van der Waals surface area contributed by atoms with Gasteiger partial charge in [0, 0.05) is 18.5 Å². The van der Waals surface area contributed by atoms with Gasteiger partial charge in [0.1, 0.15) is 4.60 Å². The Morgan fingerprint density at radius 2 is 1.96 bits per heavy atom. The van der Waals surface area contributed by atoms with Crippen LogP contribution in [0.5, 0.6) is 0 Å². The minimum atomic E-state index is -0.152. The Hall–Kier alpha value is -1.88. The summed E-state index contributed by atoms with van der Waals surface area (Å²) >= 11 is 3.41. The molecule has 1 N–H and O–H groups in total. The van der Waals surface area contributed by atoms with Crippen molar-refractivity contribution in [1.29, 1.82) is 0 Å². The van der Waals surface area contributed by atoms with Crippen molar-refractivity contribution in [3.8, 4) is 0 Å². The van der Waals surface area contributed by atoms with E-state index in [1.54, 1.807) is 4.90 Å². The molecule has 2 aromatic rings. The lowest BCUT2D eigenvalue weighted by molar-refractivity contribution is 0.245. The normalized spacial score (nSPS) is 15.4. The molecule has 4 nitrogen and oxygen atoms in total. The van der Waals surface area contributed by atoms with Gasteiger partial charge >= 0.3 is 6.03 Å². The van der Waals surface area contributed by atoms with Crippen LogP contribution in [-0.2, 0) is 12.0 Å². The van der Waals surface area contributed by atoms with Crippen LogP contribution in [0.2, 0.25) is 0 Å². The Balaban J connectivity index is 1.75. The Morgan fingerprint density at radius 1 is 1.26 bits per heavy atom. The predicted octanol–water partition coefficient (Wildman–Crippen LogP) is 4.16. The van der Waals surface area contributed by atoms with Crippen LogP contribution in [0, 0.1) is 6.92 Å². The zero-order valence-electron chi connectivity index (χ0n) is 13.6. The van der Waals surface area contributed by atoms with Gasteiger partial charge < -0.3 is 5.32 Å². The molecule has 0 spiro atoms. The van der Waals surface area contributed by atoms with E-state index in [0.29, 0.717) is 13.1 Å². The fraction of sp³-hybridized carbons (Fsp3) is 0.333. The number of aryl methyl sites for hydroxylation is 1. The molecule has 1 aromatic carbocycles. The van der Waals surface area contributed by atoms with Crippen LogP contribution in [-0.4, -0.2) is 17.6 Å². The molecular weight excluding hydrogens is 354 g/mol. The van der Waals surface area contributed by atoms with Gasteiger partial charge in [-0.1, -0.05) is 43.7 Å². The highest BCUT2D eigenvalue weighted by Gasteiger charge is 2.39. The number of carbonyl (C=O) groups is 1.